The Hall–Kier alpha value is -3.69. The first-order valence-electron chi connectivity index (χ1n) is 9.59. The van der Waals surface area contributed by atoms with Crippen molar-refractivity contribution in [1.82, 2.24) is 10.2 Å². The van der Waals surface area contributed by atoms with Gasteiger partial charge in [-0.3, -0.25) is 9.89 Å². The number of aryl methyl sites for hydroxylation is 1. The number of carbonyl (C=O) groups is 1. The van der Waals surface area contributed by atoms with Gasteiger partial charge in [0.05, 0.1) is 38.3 Å². The molecule has 1 amide bonds. The highest BCUT2D eigenvalue weighted by Gasteiger charge is 2.30. The fourth-order valence-electron chi connectivity index (χ4n) is 3.19. The molecule has 0 fully saturated rings. The Kier molecular flexibility index (Phi) is 6.61. The molecule has 10 heteroatoms. The molecule has 7 nitrogen and oxygen atoms in total. The van der Waals surface area contributed by atoms with Crippen LogP contribution >= 0.6 is 0 Å². The maximum Gasteiger partial charge on any atom is 0.416 e. The summed E-state index contributed by atoms with van der Waals surface area (Å²) in [6.07, 6.45) is -3.95. The third kappa shape index (κ3) is 4.48. The van der Waals surface area contributed by atoms with Crippen LogP contribution in [0, 0.1) is 0 Å². The lowest BCUT2D eigenvalue weighted by Crippen LogP contribution is -2.14. The zero-order valence-electron chi connectivity index (χ0n) is 17.9. The van der Waals surface area contributed by atoms with Gasteiger partial charge >= 0.3 is 6.18 Å². The summed E-state index contributed by atoms with van der Waals surface area (Å²) >= 11 is 0. The predicted molar refractivity (Wildman–Crippen MR) is 112 cm³/mol. The number of carbonyl (C=O) groups excluding carboxylic acids is 1. The van der Waals surface area contributed by atoms with Crippen molar-refractivity contribution in [2.45, 2.75) is 19.5 Å². The standard InChI is InChI=1S/C22H22F3N3O4/c1-5-15-19(26-21(29)12-6-8-14(9-7-12)22(23,24)25)18(28-27-15)13-10-16(30-2)20(32-4)17(11-13)31-3/h6-11H,5H2,1-4H3,(H,26,29)(H,27,28). The Balaban J connectivity index is 1.99. The molecule has 0 aliphatic carbocycles. The summed E-state index contributed by atoms with van der Waals surface area (Å²) in [5, 5.41) is 9.96. The quantitative estimate of drug-likeness (QED) is 0.534. The van der Waals surface area contributed by atoms with Crippen molar-refractivity contribution in [3.05, 3.63) is 53.2 Å². The lowest BCUT2D eigenvalue weighted by Gasteiger charge is -2.14. The van der Waals surface area contributed by atoms with Crippen molar-refractivity contribution in [1.29, 1.82) is 0 Å². The molecule has 0 aliphatic rings. The molecule has 0 saturated carbocycles. The Morgan fingerprint density at radius 1 is 1.03 bits per heavy atom. The van der Waals surface area contributed by atoms with Gasteiger partial charge in [-0.15, -0.1) is 0 Å². The first kappa shape index (κ1) is 23.0. The smallest absolute Gasteiger partial charge is 0.416 e. The van der Waals surface area contributed by atoms with Gasteiger partial charge in [0.15, 0.2) is 11.5 Å². The van der Waals surface area contributed by atoms with E-state index >= 15 is 0 Å². The van der Waals surface area contributed by atoms with Gasteiger partial charge in [0.2, 0.25) is 5.75 Å². The van der Waals surface area contributed by atoms with Crippen LogP contribution in [0.15, 0.2) is 36.4 Å². The van der Waals surface area contributed by atoms with Crippen molar-refractivity contribution in [2.75, 3.05) is 26.6 Å². The van der Waals surface area contributed by atoms with Gasteiger partial charge in [0.1, 0.15) is 5.69 Å². The van der Waals surface area contributed by atoms with Gasteiger partial charge in [-0.2, -0.15) is 18.3 Å². The number of ether oxygens (including phenoxy) is 3. The number of amides is 1. The maximum atomic E-state index is 12.8. The van der Waals surface area contributed by atoms with Gasteiger partial charge in [-0.1, -0.05) is 6.92 Å². The molecule has 1 heterocycles. The number of H-pyrrole nitrogens is 1. The van der Waals surface area contributed by atoms with Crippen molar-refractivity contribution < 1.29 is 32.2 Å². The highest BCUT2D eigenvalue weighted by Crippen LogP contribution is 2.42. The van der Waals surface area contributed by atoms with E-state index in [9.17, 15) is 18.0 Å². The van der Waals surface area contributed by atoms with Crippen LogP contribution < -0.4 is 19.5 Å². The van der Waals surface area contributed by atoms with E-state index in [1.807, 2.05) is 6.92 Å². The summed E-state index contributed by atoms with van der Waals surface area (Å²) < 4.78 is 54.5. The number of benzene rings is 2. The highest BCUT2D eigenvalue weighted by atomic mass is 19.4. The van der Waals surface area contributed by atoms with E-state index in [1.54, 1.807) is 12.1 Å². The highest BCUT2D eigenvalue weighted by molar-refractivity contribution is 6.06. The van der Waals surface area contributed by atoms with Gasteiger partial charge in [-0.05, 0) is 42.8 Å². The predicted octanol–water partition coefficient (Wildman–Crippen LogP) is 4.94. The van der Waals surface area contributed by atoms with E-state index in [0.717, 1.165) is 24.3 Å². The average molecular weight is 449 g/mol. The summed E-state index contributed by atoms with van der Waals surface area (Å²) in [5.74, 6) is 0.648. The molecule has 0 atom stereocenters. The summed E-state index contributed by atoms with van der Waals surface area (Å²) in [6, 6.07) is 7.36. The van der Waals surface area contributed by atoms with Crippen LogP contribution in [0.3, 0.4) is 0 Å². The normalized spacial score (nSPS) is 11.2. The third-order valence-electron chi connectivity index (χ3n) is 4.85. The zero-order chi connectivity index (χ0) is 23.5. The molecule has 0 spiro atoms. The van der Waals surface area contributed by atoms with E-state index in [0.29, 0.717) is 46.3 Å². The van der Waals surface area contributed by atoms with Gasteiger partial charge < -0.3 is 19.5 Å². The van der Waals surface area contributed by atoms with E-state index < -0.39 is 17.6 Å². The number of methoxy groups -OCH3 is 3. The maximum absolute atomic E-state index is 12.8. The van der Waals surface area contributed by atoms with E-state index in [1.165, 1.54) is 21.3 Å². The lowest BCUT2D eigenvalue weighted by molar-refractivity contribution is -0.137. The number of alkyl halides is 3. The second-order valence-electron chi connectivity index (χ2n) is 6.72. The number of rotatable bonds is 7. The van der Waals surface area contributed by atoms with Gasteiger partial charge in [0.25, 0.3) is 5.91 Å². The number of aromatic nitrogens is 2. The molecule has 2 N–H and O–H groups in total. The fraction of sp³-hybridized carbons (Fsp3) is 0.273. The molecule has 1 aromatic heterocycles. The molecule has 32 heavy (non-hydrogen) atoms. The molecule has 0 unspecified atom stereocenters. The minimum atomic E-state index is -4.48. The largest absolute Gasteiger partial charge is 0.493 e. The number of anilines is 1. The molecule has 0 bridgehead atoms. The molecule has 2 aromatic carbocycles. The number of aromatic amines is 1. The molecule has 3 rings (SSSR count). The van der Waals surface area contributed by atoms with E-state index in [4.69, 9.17) is 14.2 Å². The second kappa shape index (κ2) is 9.21. The first-order valence-corrected chi connectivity index (χ1v) is 9.59. The van der Waals surface area contributed by atoms with Crippen molar-refractivity contribution in [3.63, 3.8) is 0 Å². The SMILES string of the molecule is CCc1[nH]nc(-c2cc(OC)c(OC)c(OC)c2)c1NC(=O)c1ccc(C(F)(F)F)cc1. The molecule has 0 radical (unpaired) electrons. The van der Waals surface area contributed by atoms with Crippen LogP contribution in [-0.2, 0) is 12.6 Å². The Labute approximate surface area is 182 Å². The summed E-state index contributed by atoms with van der Waals surface area (Å²) in [4.78, 5) is 12.8. The van der Waals surface area contributed by atoms with Crippen molar-refractivity contribution in [3.8, 4) is 28.5 Å². The third-order valence-corrected chi connectivity index (χ3v) is 4.85. The van der Waals surface area contributed by atoms with E-state index in [2.05, 4.69) is 15.5 Å². The Morgan fingerprint density at radius 2 is 1.62 bits per heavy atom. The lowest BCUT2D eigenvalue weighted by atomic mass is 10.1. The first-order chi connectivity index (χ1) is 15.2. The number of hydrogen-bond acceptors (Lipinski definition) is 5. The molecule has 170 valence electrons. The molecular formula is C22H22F3N3O4. The minimum absolute atomic E-state index is 0.0806. The zero-order valence-corrected chi connectivity index (χ0v) is 17.9. The molecule has 0 aliphatic heterocycles. The minimum Gasteiger partial charge on any atom is -0.493 e. The molecule has 0 saturated heterocycles. The number of nitrogens with zero attached hydrogens (tertiary/aromatic N) is 1. The number of hydrogen-bond donors (Lipinski definition) is 2. The molecular weight excluding hydrogens is 427 g/mol. The van der Waals surface area contributed by atoms with E-state index in [-0.39, 0.29) is 5.56 Å². The van der Waals surface area contributed by atoms with Crippen LogP contribution in [0.2, 0.25) is 0 Å². The van der Waals surface area contributed by atoms with Crippen LogP contribution in [0.4, 0.5) is 18.9 Å². The summed E-state index contributed by atoms with van der Waals surface area (Å²) in [6.45, 7) is 1.88. The van der Waals surface area contributed by atoms with Crippen molar-refractivity contribution >= 4 is 11.6 Å². The topological polar surface area (TPSA) is 85.5 Å². The van der Waals surface area contributed by atoms with Crippen LogP contribution in [-0.4, -0.2) is 37.4 Å². The average Bonchev–Trinajstić information content (AvgIpc) is 3.19. The summed E-state index contributed by atoms with van der Waals surface area (Å²) in [7, 11) is 4.45. The second-order valence-corrected chi connectivity index (χ2v) is 6.72. The molecule has 3 aromatic rings. The monoisotopic (exact) mass is 449 g/mol. The van der Waals surface area contributed by atoms with Gasteiger partial charge in [-0.25, -0.2) is 0 Å². The summed E-state index contributed by atoms with van der Waals surface area (Å²) in [5.41, 5.74) is 1.31. The Morgan fingerprint density at radius 3 is 2.09 bits per heavy atom. The van der Waals surface area contributed by atoms with Crippen LogP contribution in [0.1, 0.15) is 28.5 Å². The number of nitrogens with one attached hydrogen (secondary N) is 2. The fourth-order valence-corrected chi connectivity index (χ4v) is 3.19. The van der Waals surface area contributed by atoms with Crippen LogP contribution in [0.5, 0.6) is 17.2 Å². The number of halogens is 3. The van der Waals surface area contributed by atoms with Gasteiger partial charge in [0, 0.05) is 11.1 Å². The van der Waals surface area contributed by atoms with Crippen LogP contribution in [0.25, 0.3) is 11.3 Å². The van der Waals surface area contributed by atoms with Crippen molar-refractivity contribution in [2.24, 2.45) is 0 Å². The Bertz CT molecular complexity index is 1080.